The number of thiazole rings is 2. The highest BCUT2D eigenvalue weighted by atomic mass is 32.1. The number of nitrogens with one attached hydrogen (secondary N) is 1. The van der Waals surface area contributed by atoms with Gasteiger partial charge in [-0.15, -0.1) is 22.7 Å². The van der Waals surface area contributed by atoms with Crippen LogP contribution in [0.25, 0.3) is 10.2 Å². The van der Waals surface area contributed by atoms with Gasteiger partial charge in [0.15, 0.2) is 0 Å². The van der Waals surface area contributed by atoms with Gasteiger partial charge in [-0.3, -0.25) is 4.79 Å². The van der Waals surface area contributed by atoms with Crippen molar-refractivity contribution in [1.29, 1.82) is 0 Å². The zero-order chi connectivity index (χ0) is 16.4. The van der Waals surface area contributed by atoms with E-state index in [-0.39, 0.29) is 5.91 Å². The number of nitrogens with zero attached hydrogens (tertiary/aromatic N) is 2. The van der Waals surface area contributed by atoms with Crippen LogP contribution in [0.15, 0.2) is 23.6 Å². The molecular formula is C16H18N4OS2. The predicted octanol–water partition coefficient (Wildman–Crippen LogP) is 3.63. The molecule has 3 rings (SSSR count). The molecule has 0 fully saturated rings. The van der Waals surface area contributed by atoms with E-state index in [1.165, 1.54) is 11.3 Å². The molecule has 0 saturated carbocycles. The normalized spacial score (nSPS) is 11.3. The summed E-state index contributed by atoms with van der Waals surface area (Å²) < 4.78 is 1.08. The first-order chi connectivity index (χ1) is 11.1. The van der Waals surface area contributed by atoms with Crippen LogP contribution in [0.4, 0.5) is 5.69 Å². The first-order valence-corrected chi connectivity index (χ1v) is 9.12. The third kappa shape index (κ3) is 3.57. The van der Waals surface area contributed by atoms with Crippen molar-refractivity contribution in [3.63, 3.8) is 0 Å². The van der Waals surface area contributed by atoms with Crippen molar-refractivity contribution in [1.82, 2.24) is 9.97 Å². The lowest BCUT2D eigenvalue weighted by Gasteiger charge is -2.02. The number of nitrogens with two attached hydrogens (primary N) is 1. The maximum absolute atomic E-state index is 12.3. The monoisotopic (exact) mass is 346 g/mol. The van der Waals surface area contributed by atoms with Crippen LogP contribution in [0.5, 0.6) is 0 Å². The Morgan fingerprint density at radius 1 is 1.35 bits per heavy atom. The van der Waals surface area contributed by atoms with E-state index >= 15 is 0 Å². The van der Waals surface area contributed by atoms with E-state index in [1.54, 1.807) is 16.7 Å². The summed E-state index contributed by atoms with van der Waals surface area (Å²) in [5.41, 5.74) is 7.67. The highest BCUT2D eigenvalue weighted by Gasteiger charge is 2.12. The molecule has 2 aromatic heterocycles. The Hall–Kier alpha value is -1.83. The number of benzene rings is 1. The molecule has 1 aromatic carbocycles. The molecule has 1 amide bonds. The van der Waals surface area contributed by atoms with Crippen LogP contribution >= 0.6 is 22.7 Å². The molecule has 0 atom stereocenters. The largest absolute Gasteiger partial charge is 0.330 e. The molecule has 3 N–H and O–H groups in total. The average Bonchev–Trinajstić information content (AvgIpc) is 3.13. The number of hydrogen-bond donors (Lipinski definition) is 2. The van der Waals surface area contributed by atoms with Crippen LogP contribution < -0.4 is 11.1 Å². The van der Waals surface area contributed by atoms with E-state index in [4.69, 9.17) is 5.73 Å². The second-order valence-corrected chi connectivity index (χ2v) is 7.51. The minimum atomic E-state index is -0.197. The average molecular weight is 346 g/mol. The van der Waals surface area contributed by atoms with E-state index in [0.29, 0.717) is 24.6 Å². The van der Waals surface area contributed by atoms with Gasteiger partial charge in [-0.05, 0) is 24.7 Å². The smallest absolute Gasteiger partial charge is 0.275 e. The number of carbonyl (C=O) groups is 1. The highest BCUT2D eigenvalue weighted by Crippen LogP contribution is 2.29. The van der Waals surface area contributed by atoms with Crippen molar-refractivity contribution in [3.8, 4) is 0 Å². The molecule has 3 aromatic rings. The SMILES string of the molecule is CC(C)c1nc2ccc(NC(=O)c3csc(CCN)n3)cc2s1. The fraction of sp³-hybridized carbons (Fsp3) is 0.312. The van der Waals surface area contributed by atoms with Gasteiger partial charge in [0.25, 0.3) is 5.91 Å². The number of hydrogen-bond acceptors (Lipinski definition) is 6. The van der Waals surface area contributed by atoms with Gasteiger partial charge >= 0.3 is 0 Å². The lowest BCUT2D eigenvalue weighted by atomic mass is 10.2. The highest BCUT2D eigenvalue weighted by molar-refractivity contribution is 7.18. The Kier molecular flexibility index (Phi) is 4.70. The van der Waals surface area contributed by atoms with Crippen LogP contribution in [-0.2, 0) is 6.42 Å². The van der Waals surface area contributed by atoms with Gasteiger partial charge in [0.1, 0.15) is 5.69 Å². The van der Waals surface area contributed by atoms with Gasteiger partial charge in [0.05, 0.1) is 20.2 Å². The first kappa shape index (κ1) is 16.0. The molecule has 0 aliphatic carbocycles. The minimum absolute atomic E-state index is 0.197. The minimum Gasteiger partial charge on any atom is -0.330 e. The molecule has 7 heteroatoms. The third-order valence-electron chi connectivity index (χ3n) is 3.30. The van der Waals surface area contributed by atoms with Crippen LogP contribution in [-0.4, -0.2) is 22.4 Å². The summed E-state index contributed by atoms with van der Waals surface area (Å²) >= 11 is 3.13. The Balaban J connectivity index is 1.78. The van der Waals surface area contributed by atoms with Crippen molar-refractivity contribution in [3.05, 3.63) is 39.3 Å². The van der Waals surface area contributed by atoms with Crippen LogP contribution in [0.3, 0.4) is 0 Å². The summed E-state index contributed by atoms with van der Waals surface area (Å²) in [5, 5.41) is 6.66. The second kappa shape index (κ2) is 6.74. The summed E-state index contributed by atoms with van der Waals surface area (Å²) in [6.45, 7) is 4.79. The van der Waals surface area contributed by atoms with Crippen molar-refractivity contribution in [2.75, 3.05) is 11.9 Å². The number of aromatic nitrogens is 2. The molecule has 0 radical (unpaired) electrons. The summed E-state index contributed by atoms with van der Waals surface area (Å²) in [6, 6.07) is 5.77. The molecule has 0 aliphatic heterocycles. The van der Waals surface area contributed by atoms with Crippen molar-refractivity contribution < 1.29 is 4.79 Å². The zero-order valence-corrected chi connectivity index (χ0v) is 14.6. The van der Waals surface area contributed by atoms with Crippen molar-refractivity contribution in [2.24, 2.45) is 5.73 Å². The van der Waals surface area contributed by atoms with Gasteiger partial charge in [-0.25, -0.2) is 9.97 Å². The summed E-state index contributed by atoms with van der Waals surface area (Å²) in [6.07, 6.45) is 0.697. The summed E-state index contributed by atoms with van der Waals surface area (Å²) in [5.74, 6) is 0.207. The molecule has 0 bridgehead atoms. The fourth-order valence-corrected chi connectivity index (χ4v) is 3.92. The fourth-order valence-electron chi connectivity index (χ4n) is 2.12. The van der Waals surface area contributed by atoms with Gasteiger partial charge < -0.3 is 11.1 Å². The third-order valence-corrected chi connectivity index (χ3v) is 5.53. The lowest BCUT2D eigenvalue weighted by Crippen LogP contribution is -2.12. The van der Waals surface area contributed by atoms with Crippen molar-refractivity contribution in [2.45, 2.75) is 26.2 Å². The van der Waals surface area contributed by atoms with E-state index in [0.717, 1.165) is 25.9 Å². The van der Waals surface area contributed by atoms with E-state index in [2.05, 4.69) is 29.1 Å². The standard InChI is InChI=1S/C16H18N4OS2/c1-9(2)16-20-11-4-3-10(7-13(11)23-16)18-15(21)12-8-22-14(19-12)5-6-17/h3-4,7-9H,5-6,17H2,1-2H3,(H,18,21). The topological polar surface area (TPSA) is 80.9 Å². The van der Waals surface area contributed by atoms with E-state index in [9.17, 15) is 4.79 Å². The van der Waals surface area contributed by atoms with E-state index in [1.807, 2.05) is 18.2 Å². The van der Waals surface area contributed by atoms with Gasteiger partial charge in [-0.2, -0.15) is 0 Å². The quantitative estimate of drug-likeness (QED) is 0.739. The Labute approximate surface area is 142 Å². The summed E-state index contributed by atoms with van der Waals surface area (Å²) in [4.78, 5) is 21.2. The predicted molar refractivity (Wildman–Crippen MR) is 96.5 cm³/mol. The number of carbonyl (C=O) groups excluding carboxylic acids is 1. The number of anilines is 1. The van der Waals surface area contributed by atoms with Gasteiger partial charge in [-0.1, -0.05) is 13.8 Å². The van der Waals surface area contributed by atoms with Crippen LogP contribution in [0.1, 0.15) is 40.3 Å². The molecular weight excluding hydrogens is 328 g/mol. The van der Waals surface area contributed by atoms with Crippen LogP contribution in [0.2, 0.25) is 0 Å². The number of rotatable bonds is 5. The maximum atomic E-state index is 12.3. The molecule has 0 unspecified atom stereocenters. The Morgan fingerprint density at radius 3 is 2.91 bits per heavy atom. The zero-order valence-electron chi connectivity index (χ0n) is 13.0. The maximum Gasteiger partial charge on any atom is 0.275 e. The molecule has 0 aliphatic rings. The second-order valence-electron chi connectivity index (χ2n) is 5.51. The lowest BCUT2D eigenvalue weighted by molar-refractivity contribution is 0.102. The van der Waals surface area contributed by atoms with E-state index < -0.39 is 0 Å². The number of fused-ring (bicyclic) bond motifs is 1. The Bertz CT molecular complexity index is 838. The molecule has 23 heavy (non-hydrogen) atoms. The number of amides is 1. The molecule has 2 heterocycles. The first-order valence-electron chi connectivity index (χ1n) is 7.43. The molecule has 120 valence electrons. The van der Waals surface area contributed by atoms with Gasteiger partial charge in [0.2, 0.25) is 0 Å². The molecule has 5 nitrogen and oxygen atoms in total. The molecule has 0 saturated heterocycles. The molecule has 0 spiro atoms. The van der Waals surface area contributed by atoms with Crippen LogP contribution in [0, 0.1) is 0 Å². The van der Waals surface area contributed by atoms with Gasteiger partial charge in [0, 0.05) is 23.4 Å². The van der Waals surface area contributed by atoms with Crippen molar-refractivity contribution >= 4 is 44.5 Å². The Morgan fingerprint density at radius 2 is 2.17 bits per heavy atom. The summed E-state index contributed by atoms with van der Waals surface area (Å²) in [7, 11) is 0.